The van der Waals surface area contributed by atoms with Crippen LogP contribution in [-0.2, 0) is 17.8 Å². The van der Waals surface area contributed by atoms with E-state index in [1.54, 1.807) is 43.7 Å². The third-order valence-electron chi connectivity index (χ3n) is 4.73. The number of hydrogen-bond donors (Lipinski definition) is 0. The zero-order valence-electron chi connectivity index (χ0n) is 16.4. The molecule has 154 valence electrons. The lowest BCUT2D eigenvalue weighted by Crippen LogP contribution is -2.36. The molecule has 4 rings (SSSR count). The Morgan fingerprint density at radius 1 is 1.26 bits per heavy atom. The molecule has 2 heterocycles. The summed E-state index contributed by atoms with van der Waals surface area (Å²) >= 11 is 4.00. The highest BCUT2D eigenvalue weighted by Gasteiger charge is 2.38. The first kappa shape index (κ1) is 21.1. The van der Waals surface area contributed by atoms with Gasteiger partial charge < -0.3 is 4.55 Å². The van der Waals surface area contributed by atoms with E-state index in [2.05, 4.69) is 16.8 Å². The number of pyridine rings is 1. The van der Waals surface area contributed by atoms with Crippen molar-refractivity contribution in [1.29, 1.82) is 0 Å². The van der Waals surface area contributed by atoms with E-state index < -0.39 is 17.2 Å². The number of aromatic nitrogens is 1. The summed E-state index contributed by atoms with van der Waals surface area (Å²) in [5, 5.41) is -0.0183. The van der Waals surface area contributed by atoms with Crippen molar-refractivity contribution in [3.63, 3.8) is 0 Å². The minimum absolute atomic E-state index is 0.0183. The van der Waals surface area contributed by atoms with E-state index in [0.717, 1.165) is 5.56 Å². The van der Waals surface area contributed by atoms with Crippen molar-refractivity contribution in [3.05, 3.63) is 98.9 Å². The Hall–Kier alpha value is -3.11. The molecule has 1 aliphatic heterocycles. The van der Waals surface area contributed by atoms with Crippen LogP contribution in [0.5, 0.6) is 0 Å². The number of nitrogens with zero attached hydrogens (tertiary/aromatic N) is 2. The van der Waals surface area contributed by atoms with Crippen LogP contribution in [0.25, 0.3) is 6.08 Å². The second-order valence-electron chi connectivity index (χ2n) is 6.83. The van der Waals surface area contributed by atoms with Gasteiger partial charge in [-0.1, -0.05) is 35.6 Å². The van der Waals surface area contributed by atoms with Gasteiger partial charge in [0.2, 0.25) is 10.7 Å². The number of hydrogen-bond acceptors (Lipinski definition) is 4. The molecule has 1 unspecified atom stereocenters. The van der Waals surface area contributed by atoms with Gasteiger partial charge in [0.25, 0.3) is 0 Å². The summed E-state index contributed by atoms with van der Waals surface area (Å²) in [6.07, 6.45) is 5.43. The van der Waals surface area contributed by atoms with Crippen LogP contribution in [0.2, 0.25) is 5.02 Å². The van der Waals surface area contributed by atoms with Crippen LogP contribution in [0, 0.1) is 17.7 Å². The molecule has 7 heteroatoms. The van der Waals surface area contributed by atoms with Crippen LogP contribution < -0.4 is 4.31 Å². The molecule has 4 nitrogen and oxygen atoms in total. The molecule has 1 atom stereocenters. The fraction of sp³-hybridized carbons (Fsp3) is 0.0833. The van der Waals surface area contributed by atoms with Gasteiger partial charge in [0, 0.05) is 30.5 Å². The van der Waals surface area contributed by atoms with Gasteiger partial charge in [-0.05, 0) is 47.5 Å². The van der Waals surface area contributed by atoms with Gasteiger partial charge in [-0.25, -0.2) is 4.39 Å². The minimum Gasteiger partial charge on any atom is -0.588 e. The van der Waals surface area contributed by atoms with Gasteiger partial charge in [0.05, 0.1) is 23.3 Å². The Balaban J connectivity index is 1.66. The molecule has 3 aromatic rings. The van der Waals surface area contributed by atoms with Crippen molar-refractivity contribution in [3.8, 4) is 11.8 Å². The van der Waals surface area contributed by atoms with Crippen molar-refractivity contribution in [2.24, 2.45) is 0 Å². The van der Waals surface area contributed by atoms with E-state index in [1.165, 1.54) is 22.5 Å². The minimum atomic E-state index is -1.72. The molecule has 1 aliphatic rings. The Morgan fingerprint density at radius 2 is 2.10 bits per heavy atom. The van der Waals surface area contributed by atoms with Crippen LogP contribution >= 0.6 is 11.6 Å². The van der Waals surface area contributed by atoms with Crippen molar-refractivity contribution in [2.75, 3.05) is 11.4 Å². The zero-order chi connectivity index (χ0) is 22.0. The SMILES string of the molecule is CN1c2ccc(C#CCc3cccnc3)cc2C(=O)/C(=C\c2ccc(Cl)c(F)c2)[S+]1[O-]. The van der Waals surface area contributed by atoms with Crippen LogP contribution in [0.1, 0.15) is 27.0 Å². The quantitative estimate of drug-likeness (QED) is 0.319. The third kappa shape index (κ3) is 4.49. The lowest BCUT2D eigenvalue weighted by molar-refractivity contribution is 0.104. The van der Waals surface area contributed by atoms with E-state index >= 15 is 0 Å². The second-order valence-corrected chi connectivity index (χ2v) is 8.72. The number of Topliss-reactive ketones (excluding diaryl/α,β-unsaturated/α-hetero) is 1. The molecule has 0 amide bonds. The Morgan fingerprint density at radius 3 is 2.84 bits per heavy atom. The lowest BCUT2D eigenvalue weighted by Gasteiger charge is -2.29. The molecule has 31 heavy (non-hydrogen) atoms. The largest absolute Gasteiger partial charge is 0.588 e. The second kappa shape index (κ2) is 8.94. The standard InChI is InChI=1S/C24H16ClFN2O2S/c1-28-22-10-8-16(4-2-5-17-6-3-11-27-15-17)12-19(22)24(29)23(31(28)30)14-18-7-9-20(25)21(26)13-18/h3,6-15H,5H2,1H3/b23-14+. The zero-order valence-corrected chi connectivity index (χ0v) is 18.0. The number of halogens is 2. The van der Waals surface area contributed by atoms with E-state index in [1.807, 2.05) is 12.1 Å². The fourth-order valence-corrected chi connectivity index (χ4v) is 4.40. The highest BCUT2D eigenvalue weighted by Crippen LogP contribution is 2.35. The van der Waals surface area contributed by atoms with Gasteiger partial charge in [-0.2, -0.15) is 4.31 Å². The van der Waals surface area contributed by atoms with Crippen LogP contribution in [-0.4, -0.2) is 22.4 Å². The molecule has 0 saturated carbocycles. The predicted octanol–water partition coefficient (Wildman–Crippen LogP) is 4.81. The summed E-state index contributed by atoms with van der Waals surface area (Å²) in [6.45, 7) is 0. The molecule has 0 N–H and O–H groups in total. The summed E-state index contributed by atoms with van der Waals surface area (Å²) in [6, 6.07) is 13.2. The maximum Gasteiger partial charge on any atom is 0.245 e. The first-order chi connectivity index (χ1) is 14.9. The van der Waals surface area contributed by atoms with Crippen molar-refractivity contribution in [2.45, 2.75) is 6.42 Å². The number of carbonyl (C=O) groups is 1. The molecule has 2 aromatic carbocycles. The Bertz CT molecular complexity index is 1250. The maximum atomic E-state index is 13.8. The van der Waals surface area contributed by atoms with Crippen molar-refractivity contribution < 1.29 is 13.7 Å². The number of carbonyl (C=O) groups excluding carboxylic acids is 1. The molecule has 0 spiro atoms. The van der Waals surface area contributed by atoms with Gasteiger partial charge in [0.15, 0.2) is 0 Å². The first-order valence-electron chi connectivity index (χ1n) is 9.33. The molecule has 0 bridgehead atoms. The number of fused-ring (bicyclic) bond motifs is 1. The van der Waals surface area contributed by atoms with Gasteiger partial charge in [-0.15, -0.1) is 0 Å². The number of rotatable bonds is 2. The van der Waals surface area contributed by atoms with Crippen LogP contribution in [0.4, 0.5) is 10.1 Å². The van der Waals surface area contributed by atoms with Crippen LogP contribution in [0.15, 0.2) is 65.8 Å². The fourth-order valence-electron chi connectivity index (χ4n) is 3.14. The van der Waals surface area contributed by atoms with Gasteiger partial charge in [0.1, 0.15) is 17.2 Å². The highest BCUT2D eigenvalue weighted by molar-refractivity contribution is 7.97. The third-order valence-corrected chi connectivity index (χ3v) is 6.41. The number of anilines is 1. The smallest absolute Gasteiger partial charge is 0.245 e. The van der Waals surface area contributed by atoms with E-state index in [9.17, 15) is 13.7 Å². The predicted molar refractivity (Wildman–Crippen MR) is 122 cm³/mol. The summed E-state index contributed by atoms with van der Waals surface area (Å²) in [5.41, 5.74) is 3.04. The summed E-state index contributed by atoms with van der Waals surface area (Å²) in [7, 11) is 1.64. The van der Waals surface area contributed by atoms with E-state index in [0.29, 0.717) is 28.8 Å². The molecule has 0 fully saturated rings. The summed E-state index contributed by atoms with van der Waals surface area (Å²) in [5.74, 6) is 5.15. The van der Waals surface area contributed by atoms with Crippen molar-refractivity contribution in [1.82, 2.24) is 4.98 Å². The summed E-state index contributed by atoms with van der Waals surface area (Å²) < 4.78 is 28.2. The van der Waals surface area contributed by atoms with Crippen molar-refractivity contribution >= 4 is 40.5 Å². The first-order valence-corrected chi connectivity index (χ1v) is 10.8. The number of benzene rings is 2. The monoisotopic (exact) mass is 450 g/mol. The maximum absolute atomic E-state index is 13.8. The number of allylic oxidation sites excluding steroid dienone is 1. The molecule has 0 radical (unpaired) electrons. The molecule has 0 saturated heterocycles. The van der Waals surface area contributed by atoms with E-state index in [-0.39, 0.29) is 15.7 Å². The molecular weight excluding hydrogens is 435 g/mol. The Kier molecular flexibility index (Phi) is 6.10. The van der Waals surface area contributed by atoms with Gasteiger partial charge in [-0.3, -0.25) is 9.78 Å². The summed E-state index contributed by atoms with van der Waals surface area (Å²) in [4.78, 5) is 17.2. The average Bonchev–Trinajstić information content (AvgIpc) is 2.78. The lowest BCUT2D eigenvalue weighted by atomic mass is 10.0. The molecule has 0 aliphatic carbocycles. The highest BCUT2D eigenvalue weighted by atomic mass is 35.5. The molecular formula is C24H16ClFN2O2S. The van der Waals surface area contributed by atoms with Gasteiger partial charge >= 0.3 is 0 Å². The molecule has 1 aromatic heterocycles. The number of ketones is 1. The average molecular weight is 451 g/mol. The topological polar surface area (TPSA) is 56.3 Å². The van der Waals surface area contributed by atoms with E-state index in [4.69, 9.17) is 11.6 Å². The van der Waals surface area contributed by atoms with Crippen LogP contribution in [0.3, 0.4) is 0 Å². The Labute approximate surface area is 187 Å². The normalized spacial score (nSPS) is 16.6.